The van der Waals surface area contributed by atoms with E-state index in [0.717, 1.165) is 35.4 Å². The third-order valence-electron chi connectivity index (χ3n) is 5.13. The van der Waals surface area contributed by atoms with Crippen LogP contribution in [-0.2, 0) is 17.1 Å². The smallest absolute Gasteiger partial charge is 0.347 e. The number of likely N-dealkylation sites (N-methyl/N-ethyl adjacent to an activating group) is 1. The van der Waals surface area contributed by atoms with Crippen LogP contribution in [0.15, 0.2) is 60.9 Å². The van der Waals surface area contributed by atoms with Crippen molar-refractivity contribution in [3.05, 3.63) is 89.0 Å². The molecule has 0 bridgehead atoms. The number of aromatic nitrogens is 1. The molecule has 0 spiro atoms. The molecular weight excluding hydrogens is 495 g/mol. The van der Waals surface area contributed by atoms with Gasteiger partial charge in [0.2, 0.25) is 5.91 Å². The van der Waals surface area contributed by atoms with Crippen molar-refractivity contribution in [3.8, 4) is 11.1 Å². The topological polar surface area (TPSA) is 62.3 Å². The minimum Gasteiger partial charge on any atom is -0.347 e. The van der Waals surface area contributed by atoms with E-state index in [2.05, 4.69) is 10.3 Å². The lowest BCUT2D eigenvalue weighted by Gasteiger charge is -2.23. The zero-order chi connectivity index (χ0) is 26.8. The van der Waals surface area contributed by atoms with E-state index in [1.165, 1.54) is 26.4 Å². The molecule has 0 saturated heterocycles. The highest BCUT2D eigenvalue weighted by atomic mass is 19.4. The quantitative estimate of drug-likeness (QED) is 0.460. The summed E-state index contributed by atoms with van der Waals surface area (Å²) in [5.74, 6) is -3.07. The molecule has 190 valence electrons. The normalized spacial score (nSPS) is 12.7. The van der Waals surface area contributed by atoms with Gasteiger partial charge in [-0.2, -0.15) is 26.3 Å². The minimum atomic E-state index is -4.91. The number of benzene rings is 2. The van der Waals surface area contributed by atoms with Gasteiger partial charge in [0.05, 0.1) is 16.7 Å². The van der Waals surface area contributed by atoms with Gasteiger partial charge in [-0.15, -0.1) is 0 Å². The van der Waals surface area contributed by atoms with Crippen molar-refractivity contribution in [1.29, 1.82) is 0 Å². The first-order chi connectivity index (χ1) is 16.7. The van der Waals surface area contributed by atoms with E-state index < -0.39 is 52.7 Å². The molecule has 1 atom stereocenters. The van der Waals surface area contributed by atoms with E-state index in [4.69, 9.17) is 0 Å². The lowest BCUT2D eigenvalue weighted by atomic mass is 9.98. The van der Waals surface area contributed by atoms with E-state index >= 15 is 0 Å². The Bertz CT molecular complexity index is 1270. The Morgan fingerprint density at radius 3 is 2.06 bits per heavy atom. The standard InChI is InChI=1S/C24H18F7N3O2/c1-34(2)22(36)20(14-9-16(24(29,30)31)11-17(25)10-14)33-21(35)19-12-32-8-7-18(19)13-3-5-15(6-4-13)23(26,27)28/h3-12,20H,1-2H3,(H,33,35)/t20-/m0/s1. The number of nitrogens with zero attached hydrogens (tertiary/aromatic N) is 2. The molecule has 3 aromatic rings. The molecule has 3 rings (SSSR count). The summed E-state index contributed by atoms with van der Waals surface area (Å²) in [4.78, 5) is 30.7. The fourth-order valence-corrected chi connectivity index (χ4v) is 3.36. The highest BCUT2D eigenvalue weighted by Crippen LogP contribution is 2.33. The molecule has 2 aromatic carbocycles. The van der Waals surface area contributed by atoms with Gasteiger partial charge in [0.1, 0.15) is 11.9 Å². The molecule has 1 N–H and O–H groups in total. The van der Waals surface area contributed by atoms with Gasteiger partial charge in [-0.25, -0.2) is 4.39 Å². The van der Waals surface area contributed by atoms with Crippen LogP contribution in [0.3, 0.4) is 0 Å². The molecule has 0 aliphatic heterocycles. The average Bonchev–Trinajstić information content (AvgIpc) is 2.80. The lowest BCUT2D eigenvalue weighted by Crippen LogP contribution is -2.40. The summed E-state index contributed by atoms with van der Waals surface area (Å²) in [6, 6.07) is 5.07. The maximum absolute atomic E-state index is 14.0. The van der Waals surface area contributed by atoms with Crippen LogP contribution in [0, 0.1) is 5.82 Å². The first-order valence-corrected chi connectivity index (χ1v) is 10.2. The lowest BCUT2D eigenvalue weighted by molar-refractivity contribution is -0.138. The third kappa shape index (κ3) is 5.99. The highest BCUT2D eigenvalue weighted by Gasteiger charge is 2.34. The Kier molecular flexibility index (Phi) is 7.37. The Morgan fingerprint density at radius 2 is 1.50 bits per heavy atom. The van der Waals surface area contributed by atoms with Crippen LogP contribution in [0.2, 0.25) is 0 Å². The van der Waals surface area contributed by atoms with Crippen molar-refractivity contribution < 1.29 is 40.3 Å². The largest absolute Gasteiger partial charge is 0.416 e. The Labute approximate surface area is 200 Å². The van der Waals surface area contributed by atoms with E-state index in [1.54, 1.807) is 0 Å². The molecule has 5 nitrogen and oxygen atoms in total. The van der Waals surface area contributed by atoms with Crippen LogP contribution in [0.25, 0.3) is 11.1 Å². The SMILES string of the molecule is CN(C)C(=O)[C@@H](NC(=O)c1cnccc1-c1ccc(C(F)(F)F)cc1)c1cc(F)cc(C(F)(F)F)c1. The summed E-state index contributed by atoms with van der Waals surface area (Å²) in [6.45, 7) is 0. The number of alkyl halides is 6. The summed E-state index contributed by atoms with van der Waals surface area (Å²) in [6.07, 6.45) is -7.11. The van der Waals surface area contributed by atoms with Gasteiger partial charge < -0.3 is 10.2 Å². The van der Waals surface area contributed by atoms with Crippen molar-refractivity contribution in [2.75, 3.05) is 14.1 Å². The summed E-state index contributed by atoms with van der Waals surface area (Å²) in [5, 5.41) is 2.30. The van der Waals surface area contributed by atoms with E-state index in [9.17, 15) is 40.3 Å². The predicted octanol–water partition coefficient (Wildman–Crippen LogP) is 5.48. The van der Waals surface area contributed by atoms with Crippen molar-refractivity contribution in [2.24, 2.45) is 0 Å². The van der Waals surface area contributed by atoms with Gasteiger partial charge in [-0.1, -0.05) is 12.1 Å². The van der Waals surface area contributed by atoms with Crippen molar-refractivity contribution in [2.45, 2.75) is 18.4 Å². The molecule has 1 heterocycles. The minimum absolute atomic E-state index is 0.155. The molecule has 2 amide bonds. The van der Waals surface area contributed by atoms with E-state index in [0.29, 0.717) is 12.1 Å². The number of amides is 2. The molecule has 36 heavy (non-hydrogen) atoms. The molecule has 0 radical (unpaired) electrons. The van der Waals surface area contributed by atoms with Crippen LogP contribution in [0.1, 0.15) is 33.1 Å². The number of rotatable bonds is 5. The monoisotopic (exact) mass is 513 g/mol. The van der Waals surface area contributed by atoms with Gasteiger partial charge >= 0.3 is 12.4 Å². The third-order valence-corrected chi connectivity index (χ3v) is 5.13. The molecule has 0 saturated carbocycles. The Balaban J connectivity index is 2.02. The average molecular weight is 513 g/mol. The highest BCUT2D eigenvalue weighted by molar-refractivity contribution is 6.02. The summed E-state index contributed by atoms with van der Waals surface area (Å²) >= 11 is 0. The second-order valence-electron chi connectivity index (χ2n) is 7.91. The second kappa shape index (κ2) is 9.96. The number of halogens is 7. The first kappa shape index (κ1) is 26.6. The molecule has 12 heteroatoms. The Morgan fingerprint density at radius 1 is 0.889 bits per heavy atom. The summed E-state index contributed by atoms with van der Waals surface area (Å²) < 4.78 is 92.4. The molecule has 0 aliphatic carbocycles. The number of hydrogen-bond acceptors (Lipinski definition) is 3. The number of nitrogens with one attached hydrogen (secondary N) is 1. The van der Waals surface area contributed by atoms with Gasteiger partial charge in [-0.05, 0) is 53.1 Å². The van der Waals surface area contributed by atoms with Gasteiger partial charge in [-0.3, -0.25) is 14.6 Å². The van der Waals surface area contributed by atoms with Gasteiger partial charge in [0.15, 0.2) is 0 Å². The number of hydrogen-bond donors (Lipinski definition) is 1. The van der Waals surface area contributed by atoms with Crippen LogP contribution in [0.4, 0.5) is 30.7 Å². The van der Waals surface area contributed by atoms with Crippen molar-refractivity contribution in [3.63, 3.8) is 0 Å². The molecule has 1 aromatic heterocycles. The van der Waals surface area contributed by atoms with Crippen LogP contribution < -0.4 is 5.32 Å². The second-order valence-corrected chi connectivity index (χ2v) is 7.91. The van der Waals surface area contributed by atoms with Gasteiger partial charge in [0.25, 0.3) is 5.91 Å². The fourth-order valence-electron chi connectivity index (χ4n) is 3.36. The van der Waals surface area contributed by atoms with Gasteiger partial charge in [0, 0.05) is 26.5 Å². The van der Waals surface area contributed by atoms with Crippen molar-refractivity contribution in [1.82, 2.24) is 15.2 Å². The van der Waals surface area contributed by atoms with Crippen molar-refractivity contribution >= 4 is 11.8 Å². The number of carbonyl (C=O) groups is 2. The zero-order valence-corrected chi connectivity index (χ0v) is 18.7. The number of pyridine rings is 1. The first-order valence-electron chi connectivity index (χ1n) is 10.2. The Hall–Kier alpha value is -3.96. The molecule has 0 fully saturated rings. The van der Waals surface area contributed by atoms with Crippen LogP contribution in [0.5, 0.6) is 0 Å². The van der Waals surface area contributed by atoms with Crippen LogP contribution in [-0.4, -0.2) is 35.8 Å². The fraction of sp³-hybridized carbons (Fsp3) is 0.208. The predicted molar refractivity (Wildman–Crippen MR) is 115 cm³/mol. The zero-order valence-electron chi connectivity index (χ0n) is 18.7. The molecular formula is C24H18F7N3O2. The van der Waals surface area contributed by atoms with Crippen LogP contribution >= 0.6 is 0 Å². The summed E-state index contributed by atoms with van der Waals surface area (Å²) in [5.41, 5.74) is -2.50. The maximum Gasteiger partial charge on any atom is 0.416 e. The number of carbonyl (C=O) groups excluding carboxylic acids is 2. The van der Waals surface area contributed by atoms with E-state index in [1.807, 2.05) is 0 Å². The summed E-state index contributed by atoms with van der Waals surface area (Å²) in [7, 11) is 2.59. The molecule has 0 unspecified atom stereocenters. The maximum atomic E-state index is 14.0. The van der Waals surface area contributed by atoms with E-state index in [-0.39, 0.29) is 22.8 Å². The molecule has 0 aliphatic rings.